The lowest BCUT2D eigenvalue weighted by Crippen LogP contribution is -2.49. The van der Waals surface area contributed by atoms with Crippen LogP contribution in [0, 0.1) is 0 Å². The van der Waals surface area contributed by atoms with E-state index in [1.54, 1.807) is 0 Å². The zero-order valence-electron chi connectivity index (χ0n) is 18.0. The normalized spacial score (nSPS) is 19.7. The van der Waals surface area contributed by atoms with E-state index in [0.717, 1.165) is 0 Å². The highest BCUT2D eigenvalue weighted by molar-refractivity contribution is 4.82. The molecule has 0 aliphatic carbocycles. The van der Waals surface area contributed by atoms with Gasteiger partial charge in [-0.15, -0.1) is 0 Å². The molecule has 0 aromatic carbocycles. The van der Waals surface area contributed by atoms with Crippen molar-refractivity contribution >= 4 is 0 Å². The smallest absolute Gasteiger partial charge is 0.111 e. The predicted octanol–water partition coefficient (Wildman–Crippen LogP) is -6.93. The molecule has 0 radical (unpaired) electrons. The van der Waals surface area contributed by atoms with Crippen molar-refractivity contribution in [2.45, 2.75) is 48.8 Å². The molecule has 0 saturated heterocycles. The van der Waals surface area contributed by atoms with Gasteiger partial charge in [0.15, 0.2) is 0 Å². The van der Waals surface area contributed by atoms with Crippen molar-refractivity contribution in [1.29, 1.82) is 0 Å². The number of aliphatic hydroxyl groups is 10. The molecule has 12 N–H and O–H groups in total. The Bertz CT molecular complexity index is 401. The third-order valence-electron chi connectivity index (χ3n) is 4.58. The van der Waals surface area contributed by atoms with Crippen LogP contribution in [0.5, 0.6) is 0 Å². The monoisotopic (exact) mass is 476 g/mol. The number of aliphatic hydroxyl groups excluding tert-OH is 10. The SMILES string of the molecule is OC[C@@H](O)[C@@H](O)[C@H](O)[C@@H](O)CNCCOCCOCCNC[C@H](O)[C@@H](O)[C@H](O)[C@H](O)CO. The second kappa shape index (κ2) is 18.8. The maximum atomic E-state index is 9.71. The van der Waals surface area contributed by atoms with Crippen molar-refractivity contribution in [3.63, 3.8) is 0 Å². The van der Waals surface area contributed by atoms with Gasteiger partial charge in [0.2, 0.25) is 0 Å². The molecule has 8 atom stereocenters. The van der Waals surface area contributed by atoms with Gasteiger partial charge in [-0.2, -0.15) is 0 Å². The molecule has 0 fully saturated rings. The van der Waals surface area contributed by atoms with E-state index in [-0.39, 0.29) is 13.1 Å². The van der Waals surface area contributed by atoms with Gasteiger partial charge in [-0.05, 0) is 0 Å². The zero-order valence-corrected chi connectivity index (χ0v) is 18.0. The quantitative estimate of drug-likeness (QED) is 0.0689. The summed E-state index contributed by atoms with van der Waals surface area (Å²) in [6, 6.07) is 0. The van der Waals surface area contributed by atoms with Crippen LogP contribution in [0.2, 0.25) is 0 Å². The van der Waals surface area contributed by atoms with E-state index < -0.39 is 62.0 Å². The topological polar surface area (TPSA) is 245 Å². The molecule has 14 nitrogen and oxygen atoms in total. The molecule has 0 aliphatic heterocycles. The Morgan fingerprint density at radius 3 is 1.09 bits per heavy atom. The molecular weight excluding hydrogens is 436 g/mol. The molecular formula is C18H40N2O12. The lowest BCUT2D eigenvalue weighted by Gasteiger charge is -2.25. The fourth-order valence-electron chi connectivity index (χ4n) is 2.48. The van der Waals surface area contributed by atoms with E-state index in [1.165, 1.54) is 0 Å². The first-order valence-electron chi connectivity index (χ1n) is 10.4. The van der Waals surface area contributed by atoms with Crippen LogP contribution in [0.1, 0.15) is 0 Å². The van der Waals surface area contributed by atoms with Gasteiger partial charge in [-0.3, -0.25) is 0 Å². The molecule has 0 aromatic heterocycles. The lowest BCUT2D eigenvalue weighted by atomic mass is 10.0. The number of hydrogen-bond acceptors (Lipinski definition) is 14. The van der Waals surface area contributed by atoms with Gasteiger partial charge < -0.3 is 71.2 Å². The fraction of sp³-hybridized carbons (Fsp3) is 1.00. The van der Waals surface area contributed by atoms with E-state index in [4.69, 9.17) is 19.7 Å². The summed E-state index contributed by atoms with van der Waals surface area (Å²) in [5, 5.41) is 99.2. The predicted molar refractivity (Wildman–Crippen MR) is 110 cm³/mol. The van der Waals surface area contributed by atoms with Crippen molar-refractivity contribution < 1.29 is 60.5 Å². The molecule has 0 amide bonds. The molecule has 0 rings (SSSR count). The number of nitrogens with one attached hydrogen (secondary N) is 2. The molecule has 14 heteroatoms. The Morgan fingerprint density at radius 1 is 0.469 bits per heavy atom. The second-order valence-electron chi connectivity index (χ2n) is 7.23. The summed E-state index contributed by atoms with van der Waals surface area (Å²) in [5.41, 5.74) is 0. The molecule has 0 aliphatic rings. The molecule has 0 spiro atoms. The van der Waals surface area contributed by atoms with Gasteiger partial charge in [0, 0.05) is 26.2 Å². The summed E-state index contributed by atoms with van der Waals surface area (Å²) in [4.78, 5) is 0. The summed E-state index contributed by atoms with van der Waals surface area (Å²) < 4.78 is 10.6. The molecule has 194 valence electrons. The Balaban J connectivity index is 3.60. The van der Waals surface area contributed by atoms with Gasteiger partial charge in [-0.1, -0.05) is 0 Å². The van der Waals surface area contributed by atoms with Crippen molar-refractivity contribution in [3.8, 4) is 0 Å². The maximum absolute atomic E-state index is 9.71. The Morgan fingerprint density at radius 2 is 0.781 bits per heavy atom. The summed E-state index contributed by atoms with van der Waals surface area (Å²) in [5.74, 6) is 0. The molecule has 32 heavy (non-hydrogen) atoms. The summed E-state index contributed by atoms with van der Waals surface area (Å²) in [7, 11) is 0. The third-order valence-corrected chi connectivity index (χ3v) is 4.58. The Labute approximate surface area is 186 Å². The minimum atomic E-state index is -1.67. The van der Waals surface area contributed by atoms with Gasteiger partial charge in [0.05, 0.1) is 51.8 Å². The molecule has 0 heterocycles. The largest absolute Gasteiger partial charge is 0.394 e. The van der Waals surface area contributed by atoms with Crippen LogP contribution in [-0.2, 0) is 9.47 Å². The zero-order chi connectivity index (χ0) is 24.5. The Hall–Kier alpha value is -0.560. The first-order chi connectivity index (χ1) is 15.2. The van der Waals surface area contributed by atoms with Crippen molar-refractivity contribution in [1.82, 2.24) is 10.6 Å². The average Bonchev–Trinajstić information content (AvgIpc) is 2.81. The first kappa shape index (κ1) is 31.4. The first-order valence-corrected chi connectivity index (χ1v) is 10.4. The highest BCUT2D eigenvalue weighted by Crippen LogP contribution is 2.05. The van der Waals surface area contributed by atoms with E-state index in [2.05, 4.69) is 10.6 Å². The highest BCUT2D eigenvalue weighted by atomic mass is 16.5. The van der Waals surface area contributed by atoms with Crippen molar-refractivity contribution in [3.05, 3.63) is 0 Å². The molecule has 0 unspecified atom stereocenters. The molecule has 0 saturated carbocycles. The third kappa shape index (κ3) is 13.2. The van der Waals surface area contributed by atoms with Crippen molar-refractivity contribution in [2.75, 3.05) is 65.8 Å². The Kier molecular flexibility index (Phi) is 18.5. The van der Waals surface area contributed by atoms with Gasteiger partial charge >= 0.3 is 0 Å². The van der Waals surface area contributed by atoms with Crippen LogP contribution in [0.15, 0.2) is 0 Å². The van der Waals surface area contributed by atoms with Gasteiger partial charge in [0.25, 0.3) is 0 Å². The summed E-state index contributed by atoms with van der Waals surface area (Å²) >= 11 is 0. The standard InChI is InChI=1S/C18H40N2O12/c21-9-13(25)17(29)15(27)11(23)7-19-1-3-31-5-6-32-4-2-20-8-12(24)16(28)18(30)14(26)10-22/h11-30H,1-10H2/t11-,12-,13+,14+,15+,16+,17+,18+/m0/s1. The van der Waals surface area contributed by atoms with Gasteiger partial charge in [0.1, 0.15) is 36.6 Å². The highest BCUT2D eigenvalue weighted by Gasteiger charge is 2.30. The van der Waals surface area contributed by atoms with E-state index in [1.807, 2.05) is 0 Å². The van der Waals surface area contributed by atoms with Crippen LogP contribution < -0.4 is 10.6 Å². The van der Waals surface area contributed by atoms with E-state index in [9.17, 15) is 40.9 Å². The maximum Gasteiger partial charge on any atom is 0.111 e. The minimum Gasteiger partial charge on any atom is -0.394 e. The fourth-order valence-corrected chi connectivity index (χ4v) is 2.48. The number of ether oxygens (including phenoxy) is 2. The van der Waals surface area contributed by atoms with Crippen LogP contribution in [0.4, 0.5) is 0 Å². The van der Waals surface area contributed by atoms with E-state index in [0.29, 0.717) is 39.5 Å². The second-order valence-corrected chi connectivity index (χ2v) is 7.23. The van der Waals surface area contributed by atoms with Crippen LogP contribution in [0.3, 0.4) is 0 Å². The van der Waals surface area contributed by atoms with Crippen LogP contribution in [-0.4, -0.2) is 166 Å². The van der Waals surface area contributed by atoms with Gasteiger partial charge in [-0.25, -0.2) is 0 Å². The van der Waals surface area contributed by atoms with E-state index >= 15 is 0 Å². The number of rotatable bonds is 21. The van der Waals surface area contributed by atoms with Crippen LogP contribution >= 0.6 is 0 Å². The minimum absolute atomic E-state index is 0.0571. The average molecular weight is 477 g/mol. The molecule has 0 bridgehead atoms. The van der Waals surface area contributed by atoms with Crippen LogP contribution in [0.25, 0.3) is 0 Å². The summed E-state index contributed by atoms with van der Waals surface area (Å²) in [6.07, 6.45) is -12.3. The number of hydrogen-bond donors (Lipinski definition) is 12. The lowest BCUT2D eigenvalue weighted by molar-refractivity contribution is -0.114. The van der Waals surface area contributed by atoms with Crippen molar-refractivity contribution in [2.24, 2.45) is 0 Å². The molecule has 0 aromatic rings. The summed E-state index contributed by atoms with van der Waals surface area (Å²) in [6.45, 7) is 0.267.